The molecular weight excluding hydrogens is 430 g/mol. The monoisotopic (exact) mass is 455 g/mol. The Kier molecular flexibility index (Phi) is 6.33. The first kappa shape index (κ1) is 21.8. The van der Waals surface area contributed by atoms with Crippen LogP contribution in [-0.4, -0.2) is 0 Å². The van der Waals surface area contributed by atoms with E-state index in [1.54, 1.807) is 11.8 Å². The highest BCUT2D eigenvalue weighted by atomic mass is 32.2. The molecule has 5 aromatic carbocycles. The van der Waals surface area contributed by atoms with Crippen LogP contribution in [0.25, 0.3) is 38.3 Å². The van der Waals surface area contributed by atoms with Crippen LogP contribution >= 0.6 is 11.8 Å². The molecule has 0 bridgehead atoms. The first-order valence-corrected chi connectivity index (χ1v) is 12.1. The van der Waals surface area contributed by atoms with Gasteiger partial charge in [0, 0.05) is 15.5 Å². The summed E-state index contributed by atoms with van der Waals surface area (Å²) in [5.41, 5.74) is 15.2. The molecule has 0 unspecified atom stereocenters. The number of hydrogen-bond donors (Lipinski definition) is 1. The molecule has 0 fully saturated rings. The fraction of sp³-hybridized carbons (Fsp3) is 0. The van der Waals surface area contributed by atoms with Crippen molar-refractivity contribution < 1.29 is 0 Å². The number of anilines is 1. The predicted octanol–water partition coefficient (Wildman–Crippen LogP) is 9.03. The normalized spacial score (nSPS) is 10.7. The van der Waals surface area contributed by atoms with Gasteiger partial charge >= 0.3 is 0 Å². The van der Waals surface area contributed by atoms with Gasteiger partial charge in [-0.25, -0.2) is 0 Å². The van der Waals surface area contributed by atoms with Crippen molar-refractivity contribution in [3.63, 3.8) is 0 Å². The summed E-state index contributed by atoms with van der Waals surface area (Å²) >= 11 is 1.60. The van der Waals surface area contributed by atoms with E-state index in [2.05, 4.69) is 104 Å². The molecule has 0 saturated heterocycles. The van der Waals surface area contributed by atoms with Gasteiger partial charge in [-0.2, -0.15) is 0 Å². The topological polar surface area (TPSA) is 26.0 Å². The van der Waals surface area contributed by atoms with Gasteiger partial charge in [0.2, 0.25) is 0 Å². The van der Waals surface area contributed by atoms with Crippen molar-refractivity contribution in [2.45, 2.75) is 4.90 Å². The molecule has 2 N–H and O–H groups in total. The average Bonchev–Trinajstić information content (AvgIpc) is 2.91. The number of para-hydroxylation sites is 1. The van der Waals surface area contributed by atoms with E-state index in [4.69, 9.17) is 5.73 Å². The summed E-state index contributed by atoms with van der Waals surface area (Å²) in [4.78, 5) is 2.02. The third-order valence-electron chi connectivity index (χ3n) is 5.90. The van der Waals surface area contributed by atoms with Gasteiger partial charge < -0.3 is 5.73 Å². The fourth-order valence-corrected chi connectivity index (χ4v) is 4.81. The Morgan fingerprint density at radius 1 is 0.471 bits per heavy atom. The fourth-order valence-electron chi connectivity index (χ4n) is 3.95. The van der Waals surface area contributed by atoms with Crippen LogP contribution in [0.1, 0.15) is 5.56 Å². The van der Waals surface area contributed by atoms with E-state index in [-0.39, 0.29) is 0 Å². The van der Waals surface area contributed by atoms with E-state index in [0.717, 1.165) is 21.1 Å². The van der Waals surface area contributed by atoms with Gasteiger partial charge in [-0.1, -0.05) is 134 Å². The minimum atomic E-state index is 0.778. The first-order chi connectivity index (χ1) is 16.7. The Balaban J connectivity index is 1.29. The van der Waals surface area contributed by atoms with Crippen LogP contribution in [0.15, 0.2) is 139 Å². The predicted molar refractivity (Wildman–Crippen MR) is 148 cm³/mol. The molecule has 0 amide bonds. The van der Waals surface area contributed by atoms with Crippen LogP contribution < -0.4 is 5.73 Å². The van der Waals surface area contributed by atoms with Crippen LogP contribution in [0.5, 0.6) is 0 Å². The van der Waals surface area contributed by atoms with E-state index >= 15 is 0 Å². The SMILES string of the molecule is C=C(Sc1ccccc1N)c1ccc(-c2ccc(-c3ccc(-c4ccccc4)cc3)cc2)cc1. The molecule has 1 nitrogen and oxygen atoms in total. The molecule has 0 radical (unpaired) electrons. The molecule has 164 valence electrons. The third kappa shape index (κ3) is 4.83. The second kappa shape index (κ2) is 9.86. The Morgan fingerprint density at radius 2 is 0.853 bits per heavy atom. The van der Waals surface area contributed by atoms with E-state index < -0.39 is 0 Å². The van der Waals surface area contributed by atoms with Crippen LogP contribution in [0, 0.1) is 0 Å². The standard InChI is InChI=1S/C32H25NS/c1-23(34-32-10-6-5-9-31(32)33)24-11-13-27(14-12-24)28-19-21-30(22-20-28)29-17-15-26(16-18-29)25-7-3-2-4-8-25/h2-22H,1,33H2. The van der Waals surface area contributed by atoms with Crippen LogP contribution in [0.4, 0.5) is 5.69 Å². The lowest BCUT2D eigenvalue weighted by Crippen LogP contribution is -1.88. The first-order valence-electron chi connectivity index (χ1n) is 11.3. The molecular formula is C32H25NS. The zero-order valence-electron chi connectivity index (χ0n) is 18.8. The summed E-state index contributed by atoms with van der Waals surface area (Å²) in [5, 5.41) is 0. The third-order valence-corrected chi connectivity index (χ3v) is 6.98. The van der Waals surface area contributed by atoms with Gasteiger partial charge in [0.25, 0.3) is 0 Å². The van der Waals surface area contributed by atoms with Crippen molar-refractivity contribution in [2.24, 2.45) is 0 Å². The Morgan fingerprint density at radius 3 is 1.32 bits per heavy atom. The lowest BCUT2D eigenvalue weighted by molar-refractivity contribution is 1.47. The van der Waals surface area contributed by atoms with Gasteiger partial charge in [0.1, 0.15) is 0 Å². The molecule has 0 heterocycles. The Hall–Kier alpha value is -4.01. The maximum atomic E-state index is 6.07. The number of nitrogen functional groups attached to an aromatic ring is 1. The molecule has 0 atom stereocenters. The van der Waals surface area contributed by atoms with E-state index in [1.165, 1.54) is 33.4 Å². The van der Waals surface area contributed by atoms with Gasteiger partial charge in [-0.05, 0) is 51.1 Å². The molecule has 34 heavy (non-hydrogen) atoms. The maximum absolute atomic E-state index is 6.07. The molecule has 5 aromatic rings. The highest BCUT2D eigenvalue weighted by Gasteiger charge is 2.06. The molecule has 0 aliphatic heterocycles. The number of nitrogens with two attached hydrogens (primary N) is 1. The highest BCUT2D eigenvalue weighted by molar-refractivity contribution is 8.08. The second-order valence-electron chi connectivity index (χ2n) is 8.16. The van der Waals surface area contributed by atoms with Crippen molar-refractivity contribution in [1.29, 1.82) is 0 Å². The molecule has 0 aliphatic carbocycles. The Bertz CT molecular complexity index is 1400. The molecule has 0 saturated carbocycles. The smallest absolute Gasteiger partial charge is 0.0455 e. The number of benzene rings is 5. The summed E-state index contributed by atoms with van der Waals surface area (Å²) in [7, 11) is 0. The van der Waals surface area contributed by atoms with Crippen molar-refractivity contribution in [2.75, 3.05) is 5.73 Å². The summed E-state index contributed by atoms with van der Waals surface area (Å²) in [6.45, 7) is 4.24. The maximum Gasteiger partial charge on any atom is 0.0455 e. The summed E-state index contributed by atoms with van der Waals surface area (Å²) in [6, 6.07) is 44.4. The molecule has 2 heteroatoms. The van der Waals surface area contributed by atoms with Crippen molar-refractivity contribution >= 4 is 22.4 Å². The molecule has 0 aromatic heterocycles. The highest BCUT2D eigenvalue weighted by Crippen LogP contribution is 2.36. The van der Waals surface area contributed by atoms with Gasteiger partial charge in [0.05, 0.1) is 0 Å². The van der Waals surface area contributed by atoms with E-state index in [9.17, 15) is 0 Å². The largest absolute Gasteiger partial charge is 0.398 e. The number of rotatable bonds is 6. The Labute approximate surface area is 205 Å². The van der Waals surface area contributed by atoms with Gasteiger partial charge in [0.15, 0.2) is 0 Å². The molecule has 5 rings (SSSR count). The zero-order chi connectivity index (χ0) is 23.3. The van der Waals surface area contributed by atoms with E-state index in [1.807, 2.05) is 30.3 Å². The molecule has 0 spiro atoms. The van der Waals surface area contributed by atoms with Gasteiger partial charge in [-0.3, -0.25) is 0 Å². The lowest BCUT2D eigenvalue weighted by atomic mass is 9.98. The second-order valence-corrected chi connectivity index (χ2v) is 9.30. The zero-order valence-corrected chi connectivity index (χ0v) is 19.6. The summed E-state index contributed by atoms with van der Waals surface area (Å²) in [6.07, 6.45) is 0. The average molecular weight is 456 g/mol. The van der Waals surface area contributed by atoms with E-state index in [0.29, 0.717) is 0 Å². The van der Waals surface area contributed by atoms with Crippen LogP contribution in [-0.2, 0) is 0 Å². The van der Waals surface area contributed by atoms with Crippen LogP contribution in [0.3, 0.4) is 0 Å². The summed E-state index contributed by atoms with van der Waals surface area (Å²) in [5.74, 6) is 0. The number of thioether (sulfide) groups is 1. The minimum Gasteiger partial charge on any atom is -0.398 e. The number of hydrogen-bond acceptors (Lipinski definition) is 2. The van der Waals surface area contributed by atoms with Crippen molar-refractivity contribution in [1.82, 2.24) is 0 Å². The van der Waals surface area contributed by atoms with Crippen LogP contribution in [0.2, 0.25) is 0 Å². The minimum absolute atomic E-state index is 0.778. The lowest BCUT2D eigenvalue weighted by Gasteiger charge is -2.10. The van der Waals surface area contributed by atoms with Crippen molar-refractivity contribution in [3.05, 3.63) is 140 Å². The van der Waals surface area contributed by atoms with Gasteiger partial charge in [-0.15, -0.1) is 0 Å². The quantitative estimate of drug-likeness (QED) is 0.204. The van der Waals surface area contributed by atoms with Crippen molar-refractivity contribution in [3.8, 4) is 33.4 Å². The molecule has 0 aliphatic rings. The summed E-state index contributed by atoms with van der Waals surface area (Å²) < 4.78 is 0.